The molecule has 0 aliphatic heterocycles. The Morgan fingerprint density at radius 1 is 1.63 bits per heavy atom. The Hall–Kier alpha value is -1.26. The Morgan fingerprint density at radius 2 is 2.37 bits per heavy atom. The molecule has 3 atom stereocenters. The third kappa shape index (κ3) is 5.09. The zero-order chi connectivity index (χ0) is 14.3. The lowest BCUT2D eigenvalue weighted by atomic mass is 9.67. The molecule has 6 heteroatoms. The highest BCUT2D eigenvalue weighted by Crippen LogP contribution is 2.41. The molecule has 0 spiro atoms. The molecule has 1 saturated carbocycles. The van der Waals surface area contributed by atoms with Crippen LogP contribution in [0.2, 0.25) is 0 Å². The Balaban J connectivity index is 2.32. The van der Waals surface area contributed by atoms with Crippen LogP contribution in [0.3, 0.4) is 0 Å². The van der Waals surface area contributed by atoms with Crippen molar-refractivity contribution in [3.05, 3.63) is 10.4 Å². The van der Waals surface area contributed by atoms with Crippen LogP contribution in [0, 0.1) is 11.3 Å². The van der Waals surface area contributed by atoms with Crippen LogP contribution in [0.25, 0.3) is 10.4 Å². The van der Waals surface area contributed by atoms with Crippen molar-refractivity contribution in [3.63, 3.8) is 0 Å². The molecule has 0 saturated heterocycles. The largest absolute Gasteiger partial charge is 0.376 e. The molecule has 0 unspecified atom stereocenters. The minimum absolute atomic E-state index is 0.0254. The fraction of sp³-hybridized carbons (Fsp3) is 0.923. The van der Waals surface area contributed by atoms with E-state index in [0.29, 0.717) is 25.6 Å². The van der Waals surface area contributed by atoms with Gasteiger partial charge in [0.15, 0.2) is 0 Å². The maximum absolute atomic E-state index is 10.7. The third-order valence-electron chi connectivity index (χ3n) is 4.17. The lowest BCUT2D eigenvalue weighted by Gasteiger charge is -2.42. The molecule has 1 rings (SSSR count). The molecule has 0 aromatic rings. The first kappa shape index (κ1) is 15.8. The first-order valence-corrected chi connectivity index (χ1v) is 6.85. The number of amides is 1. The van der Waals surface area contributed by atoms with Gasteiger partial charge in [0.2, 0.25) is 5.91 Å². The van der Waals surface area contributed by atoms with Gasteiger partial charge in [0, 0.05) is 24.9 Å². The zero-order valence-electron chi connectivity index (χ0n) is 12.1. The minimum atomic E-state index is -0.0254. The van der Waals surface area contributed by atoms with Crippen LogP contribution >= 0.6 is 0 Å². The first-order valence-electron chi connectivity index (χ1n) is 6.85. The van der Waals surface area contributed by atoms with E-state index < -0.39 is 0 Å². The van der Waals surface area contributed by atoms with E-state index in [9.17, 15) is 4.79 Å². The van der Waals surface area contributed by atoms with Crippen molar-refractivity contribution in [1.29, 1.82) is 0 Å². The first-order chi connectivity index (χ1) is 8.98. The zero-order valence-corrected chi connectivity index (χ0v) is 12.1. The van der Waals surface area contributed by atoms with Gasteiger partial charge in [-0.1, -0.05) is 19.0 Å². The second kappa shape index (κ2) is 7.36. The number of nitrogens with zero attached hydrogens (tertiary/aromatic N) is 3. The van der Waals surface area contributed by atoms with E-state index in [4.69, 9.17) is 10.3 Å². The van der Waals surface area contributed by atoms with E-state index in [0.717, 1.165) is 19.3 Å². The monoisotopic (exact) mass is 268 g/mol. The average Bonchev–Trinajstić information content (AvgIpc) is 2.36. The number of hydrogen-bond donors (Lipinski definition) is 1. The summed E-state index contributed by atoms with van der Waals surface area (Å²) < 4.78 is 5.78. The van der Waals surface area contributed by atoms with Gasteiger partial charge >= 0.3 is 0 Å². The Morgan fingerprint density at radius 3 is 2.95 bits per heavy atom. The van der Waals surface area contributed by atoms with E-state index in [2.05, 4.69) is 29.2 Å². The van der Waals surface area contributed by atoms with Crippen LogP contribution in [0.4, 0.5) is 0 Å². The summed E-state index contributed by atoms with van der Waals surface area (Å²) in [6.07, 6.45) is 3.24. The van der Waals surface area contributed by atoms with Gasteiger partial charge < -0.3 is 10.1 Å². The van der Waals surface area contributed by atoms with Crippen LogP contribution in [0.15, 0.2) is 5.11 Å². The molecule has 108 valence electrons. The fourth-order valence-electron chi connectivity index (χ4n) is 2.57. The Labute approximate surface area is 114 Å². The van der Waals surface area contributed by atoms with Gasteiger partial charge in [-0.3, -0.25) is 4.79 Å². The molecule has 0 radical (unpaired) electrons. The normalized spacial score (nSPS) is 30.5. The van der Waals surface area contributed by atoms with Crippen LogP contribution < -0.4 is 5.32 Å². The number of ether oxygens (including phenoxy) is 1. The minimum Gasteiger partial charge on any atom is -0.376 e. The van der Waals surface area contributed by atoms with E-state index in [1.807, 2.05) is 0 Å². The summed E-state index contributed by atoms with van der Waals surface area (Å²) >= 11 is 0. The topological polar surface area (TPSA) is 87.1 Å². The molecular weight excluding hydrogens is 244 g/mol. The summed E-state index contributed by atoms with van der Waals surface area (Å²) in [5, 5.41) is 6.45. The van der Waals surface area contributed by atoms with Crippen molar-refractivity contribution < 1.29 is 9.53 Å². The summed E-state index contributed by atoms with van der Waals surface area (Å²) in [4.78, 5) is 13.6. The molecule has 6 nitrogen and oxygen atoms in total. The number of azide groups is 1. The van der Waals surface area contributed by atoms with Crippen molar-refractivity contribution in [1.82, 2.24) is 5.32 Å². The lowest BCUT2D eigenvalue weighted by Crippen LogP contribution is -2.38. The number of carbonyl (C=O) groups excluding carboxylic acids is 1. The average molecular weight is 268 g/mol. The van der Waals surface area contributed by atoms with Gasteiger partial charge in [0.25, 0.3) is 0 Å². The predicted molar refractivity (Wildman–Crippen MR) is 73.6 cm³/mol. The van der Waals surface area contributed by atoms with Gasteiger partial charge in [-0.15, -0.1) is 0 Å². The smallest absolute Gasteiger partial charge is 0.216 e. The van der Waals surface area contributed by atoms with Gasteiger partial charge in [0.05, 0.1) is 12.7 Å². The predicted octanol–water partition coefficient (Wildman–Crippen LogP) is 2.64. The highest BCUT2D eigenvalue weighted by molar-refractivity contribution is 5.72. The SMILES string of the molecule is CC(=O)NCCO[C@H]1CC[C@@](C)(CN=[N+]=[N-])[C@@H](C)C1. The highest BCUT2D eigenvalue weighted by Gasteiger charge is 2.37. The van der Waals surface area contributed by atoms with E-state index in [1.54, 1.807) is 0 Å². The van der Waals surface area contributed by atoms with Gasteiger partial charge in [-0.05, 0) is 36.1 Å². The van der Waals surface area contributed by atoms with Crippen LogP contribution in [-0.4, -0.2) is 31.7 Å². The Bertz CT molecular complexity index is 355. The lowest BCUT2D eigenvalue weighted by molar-refractivity contribution is -0.119. The van der Waals surface area contributed by atoms with Crippen molar-refractivity contribution in [3.8, 4) is 0 Å². The molecule has 1 fully saturated rings. The summed E-state index contributed by atoms with van der Waals surface area (Å²) in [5.74, 6) is 0.445. The molecule has 0 bridgehead atoms. The standard InChI is InChI=1S/C13H24N4O2/c1-10-8-12(19-7-6-15-11(2)18)4-5-13(10,3)9-16-17-14/h10,12H,4-9H2,1-3H3,(H,15,18)/t10-,12-,13-/m0/s1. The summed E-state index contributed by atoms with van der Waals surface area (Å²) in [5.41, 5.74) is 8.52. The van der Waals surface area contributed by atoms with Crippen molar-refractivity contribution >= 4 is 5.91 Å². The van der Waals surface area contributed by atoms with E-state index in [-0.39, 0.29) is 17.4 Å². The number of carbonyl (C=O) groups is 1. The van der Waals surface area contributed by atoms with E-state index in [1.165, 1.54) is 6.92 Å². The molecule has 19 heavy (non-hydrogen) atoms. The summed E-state index contributed by atoms with van der Waals surface area (Å²) in [6, 6.07) is 0. The molecule has 0 aromatic carbocycles. The van der Waals surface area contributed by atoms with Crippen LogP contribution in [-0.2, 0) is 9.53 Å². The maximum Gasteiger partial charge on any atom is 0.216 e. The molecular formula is C13H24N4O2. The molecule has 0 aromatic heterocycles. The summed E-state index contributed by atoms with van der Waals surface area (Å²) in [6.45, 7) is 7.56. The molecule has 0 heterocycles. The van der Waals surface area contributed by atoms with Crippen LogP contribution in [0.1, 0.15) is 40.0 Å². The van der Waals surface area contributed by atoms with Crippen molar-refractivity contribution in [2.75, 3.05) is 19.7 Å². The second-order valence-electron chi connectivity index (χ2n) is 5.69. The molecule has 1 N–H and O–H groups in total. The van der Waals surface area contributed by atoms with Crippen molar-refractivity contribution in [2.24, 2.45) is 16.4 Å². The van der Waals surface area contributed by atoms with Gasteiger partial charge in [-0.25, -0.2) is 0 Å². The van der Waals surface area contributed by atoms with Gasteiger partial charge in [-0.2, -0.15) is 0 Å². The quantitative estimate of drug-likeness (QED) is 0.347. The Kier molecular flexibility index (Phi) is 6.12. The van der Waals surface area contributed by atoms with Gasteiger partial charge in [0.1, 0.15) is 0 Å². The molecule has 1 aliphatic rings. The second-order valence-corrected chi connectivity index (χ2v) is 5.69. The summed E-state index contributed by atoms with van der Waals surface area (Å²) in [7, 11) is 0. The maximum atomic E-state index is 10.7. The van der Waals surface area contributed by atoms with Crippen molar-refractivity contribution in [2.45, 2.75) is 46.1 Å². The number of hydrogen-bond acceptors (Lipinski definition) is 3. The third-order valence-corrected chi connectivity index (χ3v) is 4.17. The fourth-order valence-corrected chi connectivity index (χ4v) is 2.57. The molecule has 1 amide bonds. The van der Waals surface area contributed by atoms with Crippen LogP contribution in [0.5, 0.6) is 0 Å². The number of rotatable bonds is 6. The highest BCUT2D eigenvalue weighted by atomic mass is 16.5. The van der Waals surface area contributed by atoms with E-state index >= 15 is 0 Å². The molecule has 1 aliphatic carbocycles. The number of nitrogens with one attached hydrogen (secondary N) is 1.